The minimum Gasteiger partial charge on any atom is -0.478 e. The molecule has 5 nitrogen and oxygen atoms in total. The van der Waals surface area contributed by atoms with Crippen molar-refractivity contribution in [3.8, 4) is 0 Å². The summed E-state index contributed by atoms with van der Waals surface area (Å²) in [5, 5.41) is 0. The summed E-state index contributed by atoms with van der Waals surface area (Å²) in [5.41, 5.74) is 3.02. The van der Waals surface area contributed by atoms with Gasteiger partial charge < -0.3 is 4.74 Å². The zero-order valence-electron chi connectivity index (χ0n) is 17.5. The van der Waals surface area contributed by atoms with Crippen molar-refractivity contribution >= 4 is 16.0 Å². The lowest BCUT2D eigenvalue weighted by Crippen LogP contribution is -2.17. The molecule has 2 aromatic rings. The Balaban J connectivity index is 1.60. The third-order valence-corrected chi connectivity index (χ3v) is 6.34. The van der Waals surface area contributed by atoms with Gasteiger partial charge in [0.1, 0.15) is 6.61 Å². The van der Waals surface area contributed by atoms with E-state index < -0.39 is 10.1 Å². The third-order valence-electron chi connectivity index (χ3n) is 5.01. The Hall–Kier alpha value is -2.18. The van der Waals surface area contributed by atoms with Gasteiger partial charge in [-0.25, -0.2) is 4.99 Å². The second kappa shape index (κ2) is 8.67. The summed E-state index contributed by atoms with van der Waals surface area (Å²) < 4.78 is 35.5. The second-order valence-corrected chi connectivity index (χ2v) is 9.71. The summed E-state index contributed by atoms with van der Waals surface area (Å²) in [6.07, 6.45) is 1.43. The smallest absolute Gasteiger partial charge is 0.296 e. The lowest BCUT2D eigenvalue weighted by Gasteiger charge is -2.15. The van der Waals surface area contributed by atoms with Crippen molar-refractivity contribution in [3.63, 3.8) is 0 Å². The van der Waals surface area contributed by atoms with Crippen LogP contribution in [-0.2, 0) is 25.5 Å². The van der Waals surface area contributed by atoms with Crippen LogP contribution in [0.5, 0.6) is 0 Å². The Bertz CT molecular complexity index is 961. The maximum atomic E-state index is 12.3. The van der Waals surface area contributed by atoms with Crippen LogP contribution >= 0.6 is 0 Å². The van der Waals surface area contributed by atoms with Crippen LogP contribution in [0.25, 0.3) is 0 Å². The molecule has 0 radical (unpaired) electrons. The van der Waals surface area contributed by atoms with Gasteiger partial charge in [-0.05, 0) is 56.9 Å². The van der Waals surface area contributed by atoms with Crippen molar-refractivity contribution in [2.75, 3.05) is 13.2 Å². The fourth-order valence-corrected chi connectivity index (χ4v) is 4.21. The van der Waals surface area contributed by atoms with E-state index in [1.54, 1.807) is 24.3 Å². The van der Waals surface area contributed by atoms with Gasteiger partial charge in [0.2, 0.25) is 0 Å². The minimum atomic E-state index is -3.73. The van der Waals surface area contributed by atoms with Crippen LogP contribution in [0.1, 0.15) is 49.8 Å². The van der Waals surface area contributed by atoms with E-state index in [9.17, 15) is 8.42 Å². The largest absolute Gasteiger partial charge is 0.478 e. The fraction of sp³-hybridized carbons (Fsp3) is 0.435. The Labute approximate surface area is 173 Å². The molecule has 0 bridgehead atoms. The number of hydrogen-bond acceptors (Lipinski definition) is 5. The quantitative estimate of drug-likeness (QED) is 0.589. The van der Waals surface area contributed by atoms with E-state index in [4.69, 9.17) is 13.9 Å². The molecule has 1 aliphatic rings. The molecule has 0 aliphatic carbocycles. The van der Waals surface area contributed by atoms with Crippen molar-refractivity contribution < 1.29 is 17.3 Å². The maximum absolute atomic E-state index is 12.3. The van der Waals surface area contributed by atoms with Gasteiger partial charge in [0.25, 0.3) is 10.1 Å². The molecule has 0 saturated heterocycles. The number of hydrogen-bond donors (Lipinski definition) is 0. The van der Waals surface area contributed by atoms with Gasteiger partial charge in [-0.1, -0.05) is 48.9 Å². The SMILES string of the molecule is CCC(C1=NC(C)(C)CO1)c1ccc(CCOS(=O)(=O)c2ccc(C)cc2)cc1. The van der Waals surface area contributed by atoms with Crippen LogP contribution in [0, 0.1) is 6.92 Å². The molecule has 1 atom stereocenters. The Morgan fingerprint density at radius 3 is 2.31 bits per heavy atom. The normalized spacial score (nSPS) is 16.9. The molecule has 156 valence electrons. The first-order valence-corrected chi connectivity index (χ1v) is 11.4. The molecular formula is C23H29NO4S. The second-order valence-electron chi connectivity index (χ2n) is 8.09. The monoisotopic (exact) mass is 415 g/mol. The molecule has 3 rings (SSSR count). The molecule has 0 saturated carbocycles. The molecule has 0 fully saturated rings. The van der Waals surface area contributed by atoms with Gasteiger partial charge in [-0.3, -0.25) is 4.18 Å². The molecule has 1 heterocycles. The minimum absolute atomic E-state index is 0.108. The van der Waals surface area contributed by atoms with Crippen molar-refractivity contribution in [2.45, 2.75) is 56.9 Å². The van der Waals surface area contributed by atoms with Gasteiger partial charge in [0, 0.05) is 0 Å². The average Bonchev–Trinajstić information content (AvgIpc) is 3.03. The standard InChI is InChI=1S/C23H29NO4S/c1-5-21(22-24-23(3,4)16-27-22)19-10-8-18(9-11-19)14-15-28-29(25,26)20-12-6-17(2)7-13-20/h6-13,21H,5,14-16H2,1-4H3. The Morgan fingerprint density at radius 2 is 1.76 bits per heavy atom. The highest BCUT2D eigenvalue weighted by atomic mass is 32.2. The van der Waals surface area contributed by atoms with E-state index in [2.05, 4.69) is 32.9 Å². The zero-order valence-corrected chi connectivity index (χ0v) is 18.3. The van der Waals surface area contributed by atoms with Crippen LogP contribution in [0.15, 0.2) is 58.4 Å². The lowest BCUT2D eigenvalue weighted by molar-refractivity contribution is 0.270. The molecular weight excluding hydrogens is 386 g/mol. The molecule has 0 aromatic heterocycles. The van der Waals surface area contributed by atoms with Crippen LogP contribution in [0.4, 0.5) is 0 Å². The number of aliphatic imine (C=N–C) groups is 1. The molecule has 6 heteroatoms. The Kier molecular flexibility index (Phi) is 6.44. The summed E-state index contributed by atoms with van der Waals surface area (Å²) in [5.74, 6) is 0.946. The van der Waals surface area contributed by atoms with Crippen molar-refractivity contribution in [2.24, 2.45) is 4.99 Å². The highest BCUT2D eigenvalue weighted by molar-refractivity contribution is 7.86. The molecule has 0 spiro atoms. The first-order chi connectivity index (χ1) is 13.7. The van der Waals surface area contributed by atoms with Crippen LogP contribution in [0.2, 0.25) is 0 Å². The number of rotatable bonds is 8. The zero-order chi connectivity index (χ0) is 21.1. The number of benzene rings is 2. The molecule has 1 unspecified atom stereocenters. The Morgan fingerprint density at radius 1 is 1.10 bits per heavy atom. The van der Waals surface area contributed by atoms with E-state index >= 15 is 0 Å². The fourth-order valence-electron chi connectivity index (χ4n) is 3.30. The summed E-state index contributed by atoms with van der Waals surface area (Å²) in [4.78, 5) is 4.89. The molecule has 2 aromatic carbocycles. The molecule has 0 amide bonds. The number of nitrogens with zero attached hydrogens (tertiary/aromatic N) is 1. The molecule has 29 heavy (non-hydrogen) atoms. The van der Waals surface area contributed by atoms with Crippen LogP contribution < -0.4 is 0 Å². The van der Waals surface area contributed by atoms with Crippen LogP contribution in [-0.4, -0.2) is 33.1 Å². The van der Waals surface area contributed by atoms with Gasteiger partial charge in [0.15, 0.2) is 5.90 Å². The lowest BCUT2D eigenvalue weighted by atomic mass is 9.95. The first-order valence-electron chi connectivity index (χ1n) is 9.98. The molecule has 0 N–H and O–H groups in total. The van der Waals surface area contributed by atoms with E-state index in [1.807, 2.05) is 19.1 Å². The number of aryl methyl sites for hydroxylation is 1. The highest BCUT2D eigenvalue weighted by Crippen LogP contribution is 2.29. The topological polar surface area (TPSA) is 65.0 Å². The summed E-state index contributed by atoms with van der Waals surface area (Å²) in [6.45, 7) is 8.90. The van der Waals surface area contributed by atoms with Crippen molar-refractivity contribution in [1.82, 2.24) is 0 Å². The van der Waals surface area contributed by atoms with Crippen LogP contribution in [0.3, 0.4) is 0 Å². The summed E-state index contributed by atoms with van der Waals surface area (Å²) in [7, 11) is -3.73. The van der Waals surface area contributed by atoms with Gasteiger partial charge in [0.05, 0.1) is 23.0 Å². The molecule has 1 aliphatic heterocycles. The van der Waals surface area contributed by atoms with Crippen molar-refractivity contribution in [1.29, 1.82) is 0 Å². The maximum Gasteiger partial charge on any atom is 0.296 e. The number of ether oxygens (including phenoxy) is 1. The van der Waals surface area contributed by atoms with Gasteiger partial charge in [-0.2, -0.15) is 8.42 Å². The van der Waals surface area contributed by atoms with E-state index in [0.29, 0.717) is 13.0 Å². The summed E-state index contributed by atoms with van der Waals surface area (Å²) >= 11 is 0. The van der Waals surface area contributed by atoms with Crippen molar-refractivity contribution in [3.05, 3.63) is 65.2 Å². The van der Waals surface area contributed by atoms with Gasteiger partial charge >= 0.3 is 0 Å². The predicted molar refractivity (Wildman–Crippen MR) is 115 cm³/mol. The summed E-state index contributed by atoms with van der Waals surface area (Å²) in [6, 6.07) is 14.8. The highest BCUT2D eigenvalue weighted by Gasteiger charge is 2.30. The van der Waals surface area contributed by atoms with E-state index in [-0.39, 0.29) is 23.0 Å². The van der Waals surface area contributed by atoms with E-state index in [1.165, 1.54) is 0 Å². The average molecular weight is 416 g/mol. The van der Waals surface area contributed by atoms with E-state index in [0.717, 1.165) is 29.0 Å². The first kappa shape index (κ1) is 21.5. The van der Waals surface area contributed by atoms with Gasteiger partial charge in [-0.15, -0.1) is 0 Å². The third kappa shape index (κ3) is 5.46. The predicted octanol–water partition coefficient (Wildman–Crippen LogP) is 4.64.